The first-order valence-corrected chi connectivity index (χ1v) is 31.1. The van der Waals surface area contributed by atoms with Gasteiger partial charge in [0.05, 0.1) is 108 Å². The predicted molar refractivity (Wildman–Crippen MR) is 346 cm³/mol. The molecule has 0 bridgehead atoms. The summed E-state index contributed by atoms with van der Waals surface area (Å²) < 4.78 is 206. The summed E-state index contributed by atoms with van der Waals surface area (Å²) in [4.78, 5) is 42.3. The molecule has 8 aromatic heterocycles. The number of halogens is 15. The minimum absolute atomic E-state index is 0.00572. The Morgan fingerprint density at radius 2 is 0.951 bits per heavy atom. The average Bonchev–Trinajstić information content (AvgIpc) is 1.65. The largest absolute Gasteiger partial charge is 0.422 e. The van der Waals surface area contributed by atoms with E-state index in [4.69, 9.17) is 5.26 Å². The molecule has 103 heavy (non-hydrogen) atoms. The number of nitrogens with one attached hydrogen (secondary N) is 8. The standard InChI is InChI=1S/C15H18F5N7O.C15H17N7S.2C14H17F5N6O/c1-4-21-11-9(14(16,17)18)6-23-13(25-11)24-10-7-27(26-8(10)3)15(19,20)12(28)22-5-2;1-5-23-13-11(6-16)7-18-14(20-13)19-12-8-22(21-10(12)2)15(3,4)9-17;2*1-7(6-26-12(15)16)25-8(2)10(5-22-25)23-13-21-4-9(14(17,18)19)11(20-3)24-13/h6-7H,4-5H2,1-3H3,(H,22,28)(H2,21,23,24,25);7-8H,5H2,1-4H3,(H,18,19,20);2*4-5,7,12H,6H2,1-3H3,(H2,20,21,23,24). The van der Waals surface area contributed by atoms with E-state index in [1.165, 1.54) is 67.7 Å². The first-order chi connectivity index (χ1) is 48.2. The number of nitriles is 2. The summed E-state index contributed by atoms with van der Waals surface area (Å²) in [6, 6.07) is -0.597. The van der Waals surface area contributed by atoms with Crippen LogP contribution in [0.5, 0.6) is 0 Å². The van der Waals surface area contributed by atoms with Crippen LogP contribution in [0, 0.1) is 50.4 Å². The monoisotopic (exact) mass is 1490 g/mol. The van der Waals surface area contributed by atoms with Gasteiger partial charge in [-0.15, -0.1) is 11.8 Å². The van der Waals surface area contributed by atoms with Crippen molar-refractivity contribution in [1.82, 2.24) is 84.3 Å². The number of thioether (sulfide) groups is 1. The van der Waals surface area contributed by atoms with Crippen molar-refractivity contribution in [2.24, 2.45) is 0 Å². The molecule has 29 nitrogen and oxygen atoms in total. The number of nitrogens with zero attached hydrogens (tertiary/aromatic N) is 18. The predicted octanol–water partition coefficient (Wildman–Crippen LogP) is 13.0. The third-order valence-electron chi connectivity index (χ3n) is 13.6. The average molecular weight is 1500 g/mol. The van der Waals surface area contributed by atoms with Gasteiger partial charge >= 0.3 is 43.7 Å². The molecular formula is C58H69F15N26O3S. The second-order valence-corrected chi connectivity index (χ2v) is 22.9. The number of likely N-dealkylation sites (N-methyl/N-ethyl adjacent to an activating group) is 1. The number of hydrogen-bond donors (Lipinski definition) is 8. The van der Waals surface area contributed by atoms with Gasteiger partial charge in [-0.1, -0.05) is 6.92 Å². The molecule has 0 aromatic carbocycles. The summed E-state index contributed by atoms with van der Waals surface area (Å²) >= 11 is 1.49. The zero-order chi connectivity index (χ0) is 77.1. The van der Waals surface area contributed by atoms with Crippen LogP contribution in [0.1, 0.15) is 106 Å². The second-order valence-electron chi connectivity index (χ2n) is 21.6. The van der Waals surface area contributed by atoms with E-state index in [9.17, 15) is 75.9 Å². The Labute approximate surface area is 581 Å². The minimum atomic E-state index is -4.66. The van der Waals surface area contributed by atoms with E-state index in [0.717, 1.165) is 23.3 Å². The van der Waals surface area contributed by atoms with Gasteiger partial charge in [0.25, 0.3) is 0 Å². The number of carbonyl (C=O) groups excluding carboxylic acids is 1. The number of alkyl halides is 15. The van der Waals surface area contributed by atoms with E-state index < -0.39 is 83.8 Å². The first kappa shape index (κ1) is 83.1. The van der Waals surface area contributed by atoms with Crippen molar-refractivity contribution in [1.29, 1.82) is 10.5 Å². The van der Waals surface area contributed by atoms with E-state index in [1.807, 2.05) is 19.2 Å². The summed E-state index contributed by atoms with van der Waals surface area (Å²) in [7, 11) is 2.63. The van der Waals surface area contributed by atoms with E-state index >= 15 is 0 Å². The quantitative estimate of drug-likeness (QED) is 0.0142. The molecule has 0 aliphatic rings. The minimum Gasteiger partial charge on any atom is -0.372 e. The molecule has 0 spiro atoms. The molecule has 45 heteroatoms. The highest BCUT2D eigenvalue weighted by molar-refractivity contribution is 7.99. The zero-order valence-electron chi connectivity index (χ0n) is 56.8. The summed E-state index contributed by atoms with van der Waals surface area (Å²) in [5.74, 6) is -1.92. The lowest BCUT2D eigenvalue weighted by molar-refractivity contribution is -0.163. The molecule has 0 saturated heterocycles. The van der Waals surface area contributed by atoms with E-state index in [2.05, 4.69) is 119 Å². The molecule has 8 heterocycles. The van der Waals surface area contributed by atoms with Gasteiger partial charge in [0, 0.05) is 45.8 Å². The molecule has 2 atom stereocenters. The van der Waals surface area contributed by atoms with E-state index in [0.29, 0.717) is 57.9 Å². The van der Waals surface area contributed by atoms with Crippen LogP contribution in [0.4, 0.5) is 130 Å². The molecule has 0 aliphatic carbocycles. The highest BCUT2D eigenvalue weighted by Crippen LogP contribution is 2.38. The van der Waals surface area contributed by atoms with Gasteiger partial charge in [0.2, 0.25) is 23.8 Å². The summed E-state index contributed by atoms with van der Waals surface area (Å²) in [6.07, 6.45) is -5.02. The lowest BCUT2D eigenvalue weighted by Gasteiger charge is -2.15. The Hall–Kier alpha value is -10.6. The van der Waals surface area contributed by atoms with Gasteiger partial charge < -0.3 is 52.0 Å². The van der Waals surface area contributed by atoms with Gasteiger partial charge in [0.15, 0.2) is 0 Å². The maximum atomic E-state index is 14.1. The number of ether oxygens (including phenoxy) is 2. The van der Waals surface area contributed by atoms with Crippen LogP contribution in [0.2, 0.25) is 0 Å². The third kappa shape index (κ3) is 22.7. The molecule has 8 N–H and O–H groups in total. The Kier molecular flexibility index (Phi) is 28.9. The maximum absolute atomic E-state index is 14.1. The van der Waals surface area contributed by atoms with Crippen LogP contribution in [0.3, 0.4) is 0 Å². The SMILES string of the molecule is CCNC(=O)C(F)(F)n1cc(Nc2ncc(C(F)(F)F)c(NCC)n2)c(C)n1.CCSc1nc(Nc2cn(C(C)(C)C#N)nc2C)ncc1C#N.CNc1nc(Nc2cnn(C(C)COC(F)F)c2C)ncc1C(F)(F)F.CNc1nc(Nc2cnn(C(C)COC(F)F)c2C)ncc1C(F)(F)F. The fourth-order valence-electron chi connectivity index (χ4n) is 8.43. The van der Waals surface area contributed by atoms with Gasteiger partial charge in [0.1, 0.15) is 56.3 Å². The van der Waals surface area contributed by atoms with Gasteiger partial charge in [-0.3, -0.25) is 18.8 Å². The Bertz CT molecular complexity index is 4080. The number of rotatable bonds is 26. The van der Waals surface area contributed by atoms with Gasteiger partial charge in [-0.2, -0.15) is 116 Å². The summed E-state index contributed by atoms with van der Waals surface area (Å²) in [5, 5.41) is 55.4. The zero-order valence-corrected chi connectivity index (χ0v) is 57.6. The van der Waals surface area contributed by atoms with E-state index in [1.54, 1.807) is 59.3 Å². The van der Waals surface area contributed by atoms with Crippen LogP contribution in [-0.4, -0.2) is 144 Å². The van der Waals surface area contributed by atoms with Crippen LogP contribution in [-0.2, 0) is 44.4 Å². The van der Waals surface area contributed by atoms with Crippen molar-refractivity contribution < 1.29 is 80.1 Å². The molecule has 560 valence electrons. The van der Waals surface area contributed by atoms with Crippen LogP contribution < -0.4 is 42.5 Å². The summed E-state index contributed by atoms with van der Waals surface area (Å²) in [6.45, 7) is 12.4. The number of anilines is 11. The fraction of sp³-hybridized carbons (Fsp3) is 0.466. The van der Waals surface area contributed by atoms with Crippen molar-refractivity contribution in [3.05, 3.63) is 94.6 Å². The number of hydrogen-bond acceptors (Lipinski definition) is 25. The third-order valence-corrected chi connectivity index (χ3v) is 14.5. The molecule has 0 radical (unpaired) electrons. The molecule has 0 saturated carbocycles. The normalized spacial score (nSPS) is 12.3. The van der Waals surface area contributed by atoms with Crippen molar-refractivity contribution in [3.63, 3.8) is 0 Å². The van der Waals surface area contributed by atoms with Gasteiger partial charge in [-0.25, -0.2) is 24.9 Å². The highest BCUT2D eigenvalue weighted by Gasteiger charge is 2.43. The maximum Gasteiger partial charge on any atom is 0.422 e. The Morgan fingerprint density at radius 1 is 0.563 bits per heavy atom. The fourth-order valence-corrected chi connectivity index (χ4v) is 9.11. The lowest BCUT2D eigenvalue weighted by Crippen LogP contribution is -2.42. The lowest BCUT2D eigenvalue weighted by atomic mass is 10.1. The Morgan fingerprint density at radius 3 is 1.33 bits per heavy atom. The Balaban J connectivity index is 0.000000248. The highest BCUT2D eigenvalue weighted by atomic mass is 32.2. The van der Waals surface area contributed by atoms with Crippen molar-refractivity contribution in [2.45, 2.75) is 137 Å². The molecule has 0 aliphatic heterocycles. The topological polar surface area (TPSA) is 354 Å². The molecule has 0 fully saturated rings. The molecule has 2 unspecified atom stereocenters. The van der Waals surface area contributed by atoms with Crippen LogP contribution in [0.25, 0.3) is 0 Å². The second kappa shape index (κ2) is 35.8. The van der Waals surface area contributed by atoms with Crippen molar-refractivity contribution in [2.75, 3.05) is 83.4 Å². The number of aromatic nitrogens is 16. The first-order valence-electron chi connectivity index (χ1n) is 30.2. The van der Waals surface area contributed by atoms with Crippen molar-refractivity contribution >= 4 is 81.7 Å². The molecule has 1 amide bonds. The van der Waals surface area contributed by atoms with E-state index in [-0.39, 0.29) is 71.8 Å². The molecular weight excluding hydrogens is 1430 g/mol. The van der Waals surface area contributed by atoms with Crippen molar-refractivity contribution in [3.8, 4) is 12.1 Å². The number of amides is 1. The number of aryl methyl sites for hydroxylation is 2. The van der Waals surface area contributed by atoms with Crippen LogP contribution in [0.15, 0.2) is 54.6 Å². The summed E-state index contributed by atoms with van der Waals surface area (Å²) in [5.41, 5.74) is 0.197. The van der Waals surface area contributed by atoms with Gasteiger partial charge in [-0.05, 0) is 75.0 Å². The number of carbonyl (C=O) groups is 1. The smallest absolute Gasteiger partial charge is 0.372 e. The molecule has 8 rings (SSSR count). The van der Waals surface area contributed by atoms with Crippen LogP contribution >= 0.6 is 11.8 Å². The molecule has 8 aromatic rings.